The van der Waals surface area contributed by atoms with Gasteiger partial charge in [-0.1, -0.05) is 194 Å². The highest BCUT2D eigenvalue weighted by Gasteiger charge is 2.46. The zero-order valence-electron chi connectivity index (χ0n) is 39.6. The number of aliphatic hydroxyl groups is 2. The van der Waals surface area contributed by atoms with E-state index in [-0.39, 0.29) is 12.4 Å². The Bertz CT molecular complexity index is 1450. The van der Waals surface area contributed by atoms with Gasteiger partial charge in [-0.15, -0.1) is 0 Å². The van der Waals surface area contributed by atoms with Crippen molar-refractivity contribution in [2.75, 3.05) is 37.1 Å². The molecule has 0 bridgehead atoms. The average Bonchev–Trinajstić information content (AvgIpc) is 3.53. The molecule has 0 aliphatic carbocycles. The minimum atomic E-state index is -5.25. The smallest absolute Gasteiger partial charge is 0.387 e. The van der Waals surface area contributed by atoms with E-state index >= 15 is 0 Å². The Labute approximate surface area is 390 Å². The molecule has 0 aromatic carbocycles. The van der Waals surface area contributed by atoms with Crippen molar-refractivity contribution in [1.29, 1.82) is 0 Å². The van der Waals surface area contributed by atoms with Crippen LogP contribution in [0.15, 0.2) is 17.1 Å². The SMILES string of the molecule is CCCCCCCCCCCCCCCCCCSCC(COP(=O)(O)OP(=O)(O)OCC1OC(n2ccc(N)nc2=O)C(O)C1O)OCCCCCCCCCCCCCCCC. The predicted molar refractivity (Wildman–Crippen MR) is 258 cm³/mol. The first kappa shape index (κ1) is 59.3. The van der Waals surface area contributed by atoms with Crippen molar-refractivity contribution >= 4 is 33.2 Å². The number of ether oxygens (including phenoxy) is 2. The Balaban J connectivity index is 1.71. The first-order chi connectivity index (χ1) is 30.9. The highest BCUT2D eigenvalue weighted by molar-refractivity contribution is 7.99. The summed E-state index contributed by atoms with van der Waals surface area (Å²) < 4.78 is 52.7. The molecule has 15 nitrogen and oxygen atoms in total. The van der Waals surface area contributed by atoms with Gasteiger partial charge in [-0.2, -0.15) is 21.1 Å². The number of aliphatic hydroxyl groups excluding tert-OH is 2. The molecule has 1 aromatic rings. The molecular formula is C46H89N3O12P2S. The molecule has 1 aliphatic rings. The van der Waals surface area contributed by atoms with E-state index in [2.05, 4.69) is 23.1 Å². The number of hydrogen-bond donors (Lipinski definition) is 5. The Kier molecular flexibility index (Phi) is 34.3. The number of thioether (sulfide) groups is 1. The number of anilines is 1. The molecule has 0 spiro atoms. The maximum Gasteiger partial charge on any atom is 0.481 e. The third-order valence-electron chi connectivity index (χ3n) is 11.8. The summed E-state index contributed by atoms with van der Waals surface area (Å²) in [5.41, 5.74) is 4.66. The van der Waals surface area contributed by atoms with Crippen LogP contribution in [0.2, 0.25) is 0 Å². The van der Waals surface area contributed by atoms with Gasteiger partial charge < -0.3 is 35.2 Å². The number of unbranched alkanes of at least 4 members (excludes halogenated alkanes) is 28. The molecule has 0 amide bonds. The molecule has 1 aliphatic heterocycles. The zero-order valence-corrected chi connectivity index (χ0v) is 42.2. The van der Waals surface area contributed by atoms with Crippen LogP contribution in [0, 0.1) is 0 Å². The Hall–Kier alpha value is -0.870. The van der Waals surface area contributed by atoms with Crippen molar-refractivity contribution in [2.24, 2.45) is 0 Å². The van der Waals surface area contributed by atoms with Crippen molar-refractivity contribution in [3.05, 3.63) is 22.7 Å². The number of hydrogen-bond acceptors (Lipinski definition) is 13. The third-order valence-corrected chi connectivity index (χ3v) is 15.6. The Morgan fingerprint density at radius 3 is 1.59 bits per heavy atom. The van der Waals surface area contributed by atoms with Crippen LogP contribution in [-0.4, -0.2) is 85.3 Å². The summed E-state index contributed by atoms with van der Waals surface area (Å²) in [6, 6.07) is 1.29. The summed E-state index contributed by atoms with van der Waals surface area (Å²) in [5, 5.41) is 20.9. The maximum absolute atomic E-state index is 12.9. The van der Waals surface area contributed by atoms with Gasteiger partial charge in [0.2, 0.25) is 0 Å². The standard InChI is InChI=1S/C46H89N3O12P2S/c1-3-5-7-9-11-13-15-17-19-20-22-24-26-28-30-32-36-64-39-40(57-35-31-29-27-25-23-21-18-16-14-12-10-8-6-4-2)37-58-62(53,54)61-63(55,56)59-38-41-43(50)44(51)45(60-41)49-34-33-42(47)48-46(49)52/h33-34,40-41,43-45,50-51H,3-32,35-39H2,1-2H3,(H,53,54)(H,55,56)(H2,47,48,52). The van der Waals surface area contributed by atoms with Gasteiger partial charge in [0, 0.05) is 18.6 Å². The lowest BCUT2D eigenvalue weighted by Gasteiger charge is -2.21. The van der Waals surface area contributed by atoms with Crippen molar-refractivity contribution in [3.8, 4) is 0 Å². The number of phosphoric acid groups is 2. The number of phosphoric ester groups is 2. The van der Waals surface area contributed by atoms with Crippen molar-refractivity contribution in [3.63, 3.8) is 0 Å². The lowest BCUT2D eigenvalue weighted by Crippen LogP contribution is -2.36. The highest BCUT2D eigenvalue weighted by atomic mass is 32.2. The molecule has 0 saturated carbocycles. The third kappa shape index (κ3) is 29.1. The van der Waals surface area contributed by atoms with Gasteiger partial charge in [0.15, 0.2) is 6.23 Å². The summed E-state index contributed by atoms with van der Waals surface area (Å²) in [7, 11) is -10.4. The Morgan fingerprint density at radius 2 is 1.12 bits per heavy atom. The normalized spacial score (nSPS) is 20.1. The molecule has 1 saturated heterocycles. The first-order valence-corrected chi connectivity index (χ1v) is 29.2. The second-order valence-electron chi connectivity index (χ2n) is 17.7. The van der Waals surface area contributed by atoms with Crippen LogP contribution < -0.4 is 11.4 Å². The van der Waals surface area contributed by atoms with E-state index in [1.54, 1.807) is 11.8 Å². The van der Waals surface area contributed by atoms with Crippen LogP contribution in [0.1, 0.15) is 213 Å². The monoisotopic (exact) mass is 970 g/mol. The second kappa shape index (κ2) is 37.1. The van der Waals surface area contributed by atoms with E-state index in [0.29, 0.717) is 12.4 Å². The quantitative estimate of drug-likeness (QED) is 0.0303. The lowest BCUT2D eigenvalue weighted by atomic mass is 10.0. The van der Waals surface area contributed by atoms with Crippen LogP contribution >= 0.6 is 27.4 Å². The molecule has 1 fully saturated rings. The summed E-state index contributed by atoms with van der Waals surface area (Å²) in [4.78, 5) is 36.5. The summed E-state index contributed by atoms with van der Waals surface area (Å²) >= 11 is 1.69. The molecule has 2 rings (SSSR count). The van der Waals surface area contributed by atoms with Gasteiger partial charge in [0.05, 0.1) is 19.3 Å². The van der Waals surface area contributed by atoms with E-state index in [1.165, 1.54) is 173 Å². The Morgan fingerprint density at radius 1 is 0.688 bits per heavy atom. The molecule has 18 heteroatoms. The van der Waals surface area contributed by atoms with Crippen molar-refractivity contribution in [2.45, 2.75) is 237 Å². The number of nitrogens with two attached hydrogens (primary N) is 1. The van der Waals surface area contributed by atoms with E-state index < -0.39 is 58.6 Å². The van der Waals surface area contributed by atoms with Gasteiger partial charge in [-0.25, -0.2) is 13.9 Å². The topological polar surface area (TPSA) is 222 Å². The van der Waals surface area contributed by atoms with Crippen LogP contribution in [0.5, 0.6) is 0 Å². The number of nitrogens with zero attached hydrogens (tertiary/aromatic N) is 2. The van der Waals surface area contributed by atoms with Crippen molar-refractivity contribution in [1.82, 2.24) is 9.55 Å². The van der Waals surface area contributed by atoms with Crippen LogP contribution in [-0.2, 0) is 32.0 Å². The maximum atomic E-state index is 12.9. The largest absolute Gasteiger partial charge is 0.481 e. The number of rotatable bonds is 44. The average molecular weight is 970 g/mol. The highest BCUT2D eigenvalue weighted by Crippen LogP contribution is 2.60. The number of aromatic nitrogens is 2. The van der Waals surface area contributed by atoms with E-state index in [0.717, 1.165) is 42.4 Å². The van der Waals surface area contributed by atoms with E-state index in [4.69, 9.17) is 24.3 Å². The van der Waals surface area contributed by atoms with E-state index in [9.17, 15) is 33.9 Å². The van der Waals surface area contributed by atoms with E-state index in [1.807, 2.05) is 0 Å². The minimum Gasteiger partial charge on any atom is -0.387 e. The summed E-state index contributed by atoms with van der Waals surface area (Å²) in [6.07, 6.45) is 32.9. The van der Waals surface area contributed by atoms with Gasteiger partial charge in [0.1, 0.15) is 24.1 Å². The summed E-state index contributed by atoms with van der Waals surface area (Å²) in [6.45, 7) is 3.79. The fourth-order valence-corrected chi connectivity index (χ4v) is 11.0. The molecule has 7 atom stereocenters. The molecule has 1 aromatic heterocycles. The molecular weight excluding hydrogens is 881 g/mol. The molecule has 2 heterocycles. The van der Waals surface area contributed by atoms with Crippen LogP contribution in [0.4, 0.5) is 5.82 Å². The zero-order chi connectivity index (χ0) is 46.7. The van der Waals surface area contributed by atoms with Crippen LogP contribution in [0.3, 0.4) is 0 Å². The van der Waals surface area contributed by atoms with Crippen molar-refractivity contribution < 1.29 is 52.0 Å². The van der Waals surface area contributed by atoms with Crippen LogP contribution in [0.25, 0.3) is 0 Å². The fourth-order valence-electron chi connectivity index (χ4n) is 7.90. The second-order valence-corrected chi connectivity index (χ2v) is 21.9. The molecule has 376 valence electrons. The minimum absolute atomic E-state index is 0.0598. The molecule has 64 heavy (non-hydrogen) atoms. The molecule has 0 radical (unpaired) electrons. The van der Waals surface area contributed by atoms with Gasteiger partial charge in [-0.05, 0) is 24.7 Å². The van der Waals surface area contributed by atoms with Gasteiger partial charge >= 0.3 is 21.3 Å². The first-order valence-electron chi connectivity index (χ1n) is 25.1. The van der Waals surface area contributed by atoms with Gasteiger partial charge in [0.25, 0.3) is 0 Å². The molecule has 7 unspecified atom stereocenters. The number of nitrogen functional groups attached to an aromatic ring is 1. The fraction of sp³-hybridized carbons (Fsp3) is 0.913. The molecule has 6 N–H and O–H groups in total. The predicted octanol–water partition coefficient (Wildman–Crippen LogP) is 11.6. The lowest BCUT2D eigenvalue weighted by molar-refractivity contribution is -0.0543. The summed E-state index contributed by atoms with van der Waals surface area (Å²) in [5.74, 6) is 1.37. The van der Waals surface area contributed by atoms with Gasteiger partial charge in [-0.3, -0.25) is 13.6 Å².